The van der Waals surface area contributed by atoms with Crippen molar-refractivity contribution in [3.8, 4) is 0 Å². The summed E-state index contributed by atoms with van der Waals surface area (Å²) in [5.41, 5.74) is 5.75. The first-order valence-corrected chi connectivity index (χ1v) is 3.84. The van der Waals surface area contributed by atoms with Crippen molar-refractivity contribution in [3.63, 3.8) is 0 Å². The van der Waals surface area contributed by atoms with Gasteiger partial charge in [-0.05, 0) is 25.8 Å². The molecule has 1 aliphatic heterocycles. The number of nitrogens with two attached hydrogens (primary N) is 1. The molecule has 1 heterocycles. The van der Waals surface area contributed by atoms with Crippen molar-refractivity contribution in [2.45, 2.75) is 25.5 Å². The average molecular weight is 144 g/mol. The minimum atomic E-state index is -0.212. The highest BCUT2D eigenvalue weighted by molar-refractivity contribution is 4.84. The number of aliphatic hydroxyl groups is 1. The van der Waals surface area contributed by atoms with Crippen molar-refractivity contribution in [2.24, 2.45) is 11.7 Å². The Morgan fingerprint density at radius 1 is 1.70 bits per heavy atom. The Bertz CT molecular complexity index is 106. The lowest BCUT2D eigenvalue weighted by atomic mass is 9.98. The molecule has 3 heteroatoms. The van der Waals surface area contributed by atoms with E-state index in [-0.39, 0.29) is 12.1 Å². The summed E-state index contributed by atoms with van der Waals surface area (Å²) in [6.45, 7) is 3.68. The van der Waals surface area contributed by atoms with E-state index in [4.69, 9.17) is 10.8 Å². The topological polar surface area (TPSA) is 58.3 Å². The molecular formula is C7H16N2O. The summed E-state index contributed by atoms with van der Waals surface area (Å²) in [5, 5.41) is 12.2. The van der Waals surface area contributed by atoms with E-state index in [2.05, 4.69) is 5.32 Å². The largest absolute Gasteiger partial charge is 0.393 e. The molecule has 3 atom stereocenters. The van der Waals surface area contributed by atoms with Crippen LogP contribution < -0.4 is 11.1 Å². The molecule has 0 radical (unpaired) electrons. The summed E-state index contributed by atoms with van der Waals surface area (Å²) in [6.07, 6.45) is 0.615. The van der Waals surface area contributed by atoms with E-state index in [9.17, 15) is 0 Å². The fraction of sp³-hybridized carbons (Fsp3) is 1.00. The van der Waals surface area contributed by atoms with E-state index in [0.29, 0.717) is 5.92 Å². The van der Waals surface area contributed by atoms with Gasteiger partial charge >= 0.3 is 0 Å². The molecule has 1 aliphatic rings. The third kappa shape index (κ3) is 1.94. The van der Waals surface area contributed by atoms with Gasteiger partial charge in [-0.25, -0.2) is 0 Å². The summed E-state index contributed by atoms with van der Waals surface area (Å²) >= 11 is 0. The van der Waals surface area contributed by atoms with Gasteiger partial charge < -0.3 is 16.2 Å². The Morgan fingerprint density at radius 3 is 2.80 bits per heavy atom. The van der Waals surface area contributed by atoms with Crippen LogP contribution in [0, 0.1) is 5.92 Å². The third-order valence-corrected chi connectivity index (χ3v) is 2.04. The smallest absolute Gasteiger partial charge is 0.0515 e. The Hall–Kier alpha value is -0.120. The molecule has 1 rings (SSSR count). The molecule has 1 saturated heterocycles. The second-order valence-corrected chi connectivity index (χ2v) is 3.17. The van der Waals surface area contributed by atoms with Gasteiger partial charge in [-0.1, -0.05) is 0 Å². The monoisotopic (exact) mass is 144 g/mol. The first-order chi connectivity index (χ1) is 4.70. The van der Waals surface area contributed by atoms with Crippen molar-refractivity contribution >= 4 is 0 Å². The van der Waals surface area contributed by atoms with Gasteiger partial charge in [0.2, 0.25) is 0 Å². The van der Waals surface area contributed by atoms with E-state index in [1.54, 1.807) is 0 Å². The van der Waals surface area contributed by atoms with Crippen LogP contribution in [0.1, 0.15) is 13.3 Å². The van der Waals surface area contributed by atoms with Crippen molar-refractivity contribution in [2.75, 3.05) is 13.1 Å². The number of hydrogen-bond acceptors (Lipinski definition) is 3. The fourth-order valence-electron chi connectivity index (χ4n) is 1.45. The van der Waals surface area contributed by atoms with Crippen molar-refractivity contribution in [3.05, 3.63) is 0 Å². The molecule has 0 aliphatic carbocycles. The lowest BCUT2D eigenvalue weighted by molar-refractivity contribution is 0.160. The van der Waals surface area contributed by atoms with Gasteiger partial charge in [-0.2, -0.15) is 0 Å². The molecule has 0 aromatic heterocycles. The molecule has 3 unspecified atom stereocenters. The van der Waals surface area contributed by atoms with E-state index in [1.165, 1.54) is 0 Å². The highest BCUT2D eigenvalue weighted by Crippen LogP contribution is 2.13. The molecule has 0 aromatic rings. The quantitative estimate of drug-likeness (QED) is 0.480. The number of hydrogen-bond donors (Lipinski definition) is 3. The Morgan fingerprint density at radius 2 is 2.40 bits per heavy atom. The maximum atomic E-state index is 9.05. The molecule has 0 saturated carbocycles. The summed E-state index contributed by atoms with van der Waals surface area (Å²) in [6, 6.07) is 0.245. The average Bonchev–Trinajstić information content (AvgIpc) is 2.15. The molecule has 60 valence electrons. The predicted octanol–water partition coefficient (Wildman–Crippen LogP) is -0.696. The summed E-state index contributed by atoms with van der Waals surface area (Å²) in [4.78, 5) is 0. The lowest BCUT2D eigenvalue weighted by Crippen LogP contribution is -2.30. The minimum Gasteiger partial charge on any atom is -0.393 e. The van der Waals surface area contributed by atoms with Crippen LogP contribution in [0.5, 0.6) is 0 Å². The Balaban J connectivity index is 2.26. The van der Waals surface area contributed by atoms with Gasteiger partial charge in [0.1, 0.15) is 0 Å². The summed E-state index contributed by atoms with van der Waals surface area (Å²) < 4.78 is 0. The maximum absolute atomic E-state index is 9.05. The highest BCUT2D eigenvalue weighted by atomic mass is 16.3. The second kappa shape index (κ2) is 3.32. The Kier molecular flexibility index (Phi) is 2.65. The van der Waals surface area contributed by atoms with Crippen molar-refractivity contribution in [1.29, 1.82) is 0 Å². The van der Waals surface area contributed by atoms with Crippen LogP contribution in [0.2, 0.25) is 0 Å². The van der Waals surface area contributed by atoms with Crippen LogP contribution in [0.15, 0.2) is 0 Å². The van der Waals surface area contributed by atoms with Gasteiger partial charge in [-0.15, -0.1) is 0 Å². The van der Waals surface area contributed by atoms with Gasteiger partial charge in [-0.3, -0.25) is 0 Å². The minimum absolute atomic E-state index is 0.212. The van der Waals surface area contributed by atoms with Crippen molar-refractivity contribution < 1.29 is 5.11 Å². The van der Waals surface area contributed by atoms with Gasteiger partial charge in [0, 0.05) is 12.6 Å². The second-order valence-electron chi connectivity index (χ2n) is 3.17. The maximum Gasteiger partial charge on any atom is 0.0515 e. The van der Waals surface area contributed by atoms with E-state index in [0.717, 1.165) is 19.5 Å². The van der Waals surface area contributed by atoms with Crippen LogP contribution in [-0.2, 0) is 0 Å². The van der Waals surface area contributed by atoms with Crippen LogP contribution in [0.25, 0.3) is 0 Å². The zero-order chi connectivity index (χ0) is 7.56. The van der Waals surface area contributed by atoms with Crippen LogP contribution >= 0.6 is 0 Å². The normalized spacial score (nSPS) is 36.3. The number of rotatable bonds is 2. The molecule has 10 heavy (non-hydrogen) atoms. The molecule has 0 aromatic carbocycles. The van der Waals surface area contributed by atoms with E-state index < -0.39 is 0 Å². The molecule has 4 N–H and O–H groups in total. The van der Waals surface area contributed by atoms with Crippen LogP contribution in [-0.4, -0.2) is 30.3 Å². The first-order valence-electron chi connectivity index (χ1n) is 3.84. The first kappa shape index (κ1) is 7.98. The highest BCUT2D eigenvalue weighted by Gasteiger charge is 2.24. The molecule has 0 amide bonds. The standard InChI is InChI=1S/C7H16N2O/c1-5(10)2-6-3-9-4-7(6)8/h5-7,9-10H,2-4,8H2,1H3. The van der Waals surface area contributed by atoms with Crippen LogP contribution in [0.3, 0.4) is 0 Å². The fourth-order valence-corrected chi connectivity index (χ4v) is 1.45. The number of nitrogens with one attached hydrogen (secondary N) is 1. The molecular weight excluding hydrogens is 128 g/mol. The number of aliphatic hydroxyl groups excluding tert-OH is 1. The van der Waals surface area contributed by atoms with E-state index >= 15 is 0 Å². The summed E-state index contributed by atoms with van der Waals surface area (Å²) in [7, 11) is 0. The van der Waals surface area contributed by atoms with Crippen LogP contribution in [0.4, 0.5) is 0 Å². The zero-order valence-electron chi connectivity index (χ0n) is 6.38. The third-order valence-electron chi connectivity index (χ3n) is 2.04. The Labute approximate surface area is 61.6 Å². The molecule has 0 bridgehead atoms. The summed E-state index contributed by atoms with van der Waals surface area (Å²) in [5.74, 6) is 0.472. The molecule has 1 fully saturated rings. The van der Waals surface area contributed by atoms with Crippen molar-refractivity contribution in [1.82, 2.24) is 5.32 Å². The molecule has 0 spiro atoms. The lowest BCUT2D eigenvalue weighted by Gasteiger charge is -2.14. The molecule has 3 nitrogen and oxygen atoms in total. The predicted molar refractivity (Wildman–Crippen MR) is 40.6 cm³/mol. The van der Waals surface area contributed by atoms with Gasteiger partial charge in [0.25, 0.3) is 0 Å². The van der Waals surface area contributed by atoms with Gasteiger partial charge in [0.15, 0.2) is 0 Å². The van der Waals surface area contributed by atoms with Gasteiger partial charge in [0.05, 0.1) is 6.10 Å². The van der Waals surface area contributed by atoms with E-state index in [1.807, 2.05) is 6.92 Å². The zero-order valence-corrected chi connectivity index (χ0v) is 6.38. The SMILES string of the molecule is CC(O)CC1CNCC1N.